The fourth-order valence-electron chi connectivity index (χ4n) is 4.35. The Kier molecular flexibility index (Phi) is 7.82. The molecular weight excluding hydrogens is 470 g/mol. The lowest BCUT2D eigenvalue weighted by molar-refractivity contribution is -0.132. The van der Waals surface area contributed by atoms with E-state index in [4.69, 9.17) is 14.2 Å². The van der Waals surface area contributed by atoms with Gasteiger partial charge in [0, 0.05) is 16.8 Å². The molecule has 1 aliphatic heterocycles. The van der Waals surface area contributed by atoms with Gasteiger partial charge >= 0.3 is 0 Å². The van der Waals surface area contributed by atoms with Crippen LogP contribution in [0.1, 0.15) is 44.4 Å². The van der Waals surface area contributed by atoms with E-state index in [2.05, 4.69) is 0 Å². The molecule has 1 saturated heterocycles. The summed E-state index contributed by atoms with van der Waals surface area (Å²) in [5.74, 6) is -0.101. The smallest absolute Gasteiger partial charge is 0.300 e. The van der Waals surface area contributed by atoms with Crippen LogP contribution in [0.2, 0.25) is 0 Å². The van der Waals surface area contributed by atoms with Crippen molar-refractivity contribution in [3.05, 3.63) is 89.5 Å². The molecule has 1 aliphatic rings. The van der Waals surface area contributed by atoms with Crippen molar-refractivity contribution in [3.8, 4) is 17.2 Å². The number of rotatable bonds is 9. The van der Waals surface area contributed by atoms with Gasteiger partial charge in [0.25, 0.3) is 11.7 Å². The number of ketones is 1. The van der Waals surface area contributed by atoms with Crippen molar-refractivity contribution in [1.29, 1.82) is 0 Å². The predicted octanol–water partition coefficient (Wildman–Crippen LogP) is 5.90. The summed E-state index contributed by atoms with van der Waals surface area (Å²) in [5, 5.41) is 11.4. The lowest BCUT2D eigenvalue weighted by atomic mass is 9.94. The van der Waals surface area contributed by atoms with Gasteiger partial charge in [0.2, 0.25) is 0 Å². The Morgan fingerprint density at radius 2 is 1.70 bits per heavy atom. The number of nitrogens with zero attached hydrogens (tertiary/aromatic N) is 1. The largest absolute Gasteiger partial charge is 0.507 e. The first-order chi connectivity index (χ1) is 17.8. The number of anilines is 1. The van der Waals surface area contributed by atoms with Crippen LogP contribution in [-0.4, -0.2) is 36.6 Å². The molecule has 7 nitrogen and oxygen atoms in total. The highest BCUT2D eigenvalue weighted by atomic mass is 16.5. The number of benzene rings is 3. The molecule has 4 rings (SSSR count). The van der Waals surface area contributed by atoms with Crippen LogP contribution in [0.5, 0.6) is 17.2 Å². The molecule has 1 fully saturated rings. The average Bonchev–Trinajstić information content (AvgIpc) is 3.17. The number of methoxy groups -OCH3 is 1. The van der Waals surface area contributed by atoms with E-state index in [1.165, 1.54) is 12.0 Å². The average molecular weight is 502 g/mol. The van der Waals surface area contributed by atoms with Crippen molar-refractivity contribution in [2.24, 2.45) is 0 Å². The number of aliphatic hydroxyl groups excluding tert-OH is 1. The fourth-order valence-corrected chi connectivity index (χ4v) is 4.35. The number of aliphatic hydroxyl groups is 1. The van der Waals surface area contributed by atoms with Crippen LogP contribution in [0.15, 0.2) is 78.4 Å². The van der Waals surface area contributed by atoms with Crippen molar-refractivity contribution in [2.75, 3.05) is 18.6 Å². The zero-order chi connectivity index (χ0) is 26.5. The van der Waals surface area contributed by atoms with Gasteiger partial charge in [-0.15, -0.1) is 0 Å². The molecule has 7 heteroatoms. The van der Waals surface area contributed by atoms with Crippen LogP contribution in [0, 0.1) is 0 Å². The number of para-hydroxylation sites is 1. The van der Waals surface area contributed by atoms with Crippen LogP contribution in [0.4, 0.5) is 5.69 Å². The Labute approximate surface area is 216 Å². The standard InChI is InChI=1S/C30H31NO6/c1-5-17-36-23-10-8-9-20(18-23)28(32)26-27(24-11-6-7-12-25(24)35-4)31(30(34)29(26)33)21-13-15-22(16-14-21)37-19(2)3/h6-16,18-19,27,32H,5,17H2,1-4H3/b28-26-. The third-order valence-corrected chi connectivity index (χ3v) is 5.94. The number of carbonyl (C=O) groups is 2. The Balaban J connectivity index is 1.87. The molecular formula is C30H31NO6. The zero-order valence-corrected chi connectivity index (χ0v) is 21.4. The molecule has 0 bridgehead atoms. The number of hydrogen-bond donors (Lipinski definition) is 1. The van der Waals surface area contributed by atoms with Crippen molar-refractivity contribution in [3.63, 3.8) is 0 Å². The van der Waals surface area contributed by atoms with Gasteiger partial charge in [-0.3, -0.25) is 14.5 Å². The summed E-state index contributed by atoms with van der Waals surface area (Å²) in [7, 11) is 1.53. The van der Waals surface area contributed by atoms with E-state index >= 15 is 0 Å². The van der Waals surface area contributed by atoms with Gasteiger partial charge in [-0.05, 0) is 62.7 Å². The van der Waals surface area contributed by atoms with Crippen molar-refractivity contribution in [2.45, 2.75) is 39.3 Å². The van der Waals surface area contributed by atoms with Crippen LogP contribution in [-0.2, 0) is 9.59 Å². The number of ether oxygens (including phenoxy) is 3. The quantitative estimate of drug-likeness (QED) is 0.223. The summed E-state index contributed by atoms with van der Waals surface area (Å²) in [4.78, 5) is 28.3. The first kappa shape index (κ1) is 25.8. The maximum atomic E-state index is 13.5. The van der Waals surface area contributed by atoms with Gasteiger partial charge in [-0.25, -0.2) is 0 Å². The molecule has 1 amide bonds. The third kappa shape index (κ3) is 5.31. The highest BCUT2D eigenvalue weighted by molar-refractivity contribution is 6.51. The molecule has 1 atom stereocenters. The number of hydrogen-bond acceptors (Lipinski definition) is 6. The molecule has 1 unspecified atom stereocenters. The third-order valence-electron chi connectivity index (χ3n) is 5.94. The van der Waals surface area contributed by atoms with Gasteiger partial charge < -0.3 is 19.3 Å². The highest BCUT2D eigenvalue weighted by Crippen LogP contribution is 2.45. The number of carbonyl (C=O) groups excluding carboxylic acids is 2. The molecule has 192 valence electrons. The van der Waals surface area contributed by atoms with E-state index in [1.54, 1.807) is 72.8 Å². The second-order valence-electron chi connectivity index (χ2n) is 8.95. The first-order valence-electron chi connectivity index (χ1n) is 12.3. The Bertz CT molecular complexity index is 1310. The molecule has 3 aromatic rings. The van der Waals surface area contributed by atoms with Crippen LogP contribution < -0.4 is 19.1 Å². The van der Waals surface area contributed by atoms with Gasteiger partial charge in [-0.1, -0.05) is 37.3 Å². The molecule has 0 spiro atoms. The number of Topliss-reactive ketones (excluding diaryl/α,β-unsaturated/α-hetero) is 1. The van der Waals surface area contributed by atoms with Crippen LogP contribution in [0.25, 0.3) is 5.76 Å². The molecule has 0 aromatic heterocycles. The maximum Gasteiger partial charge on any atom is 0.300 e. The van der Waals surface area contributed by atoms with Gasteiger partial charge in [-0.2, -0.15) is 0 Å². The minimum absolute atomic E-state index is 0.00859. The molecule has 1 heterocycles. The fraction of sp³-hybridized carbons (Fsp3) is 0.267. The Morgan fingerprint density at radius 3 is 2.38 bits per heavy atom. The minimum Gasteiger partial charge on any atom is -0.507 e. The second kappa shape index (κ2) is 11.2. The van der Waals surface area contributed by atoms with Crippen molar-refractivity contribution in [1.82, 2.24) is 0 Å². The zero-order valence-electron chi connectivity index (χ0n) is 21.4. The van der Waals surface area contributed by atoms with E-state index in [0.29, 0.717) is 40.7 Å². The van der Waals surface area contributed by atoms with Crippen molar-refractivity contribution >= 4 is 23.1 Å². The van der Waals surface area contributed by atoms with E-state index in [1.807, 2.05) is 20.8 Å². The highest BCUT2D eigenvalue weighted by Gasteiger charge is 2.48. The van der Waals surface area contributed by atoms with E-state index in [9.17, 15) is 14.7 Å². The molecule has 37 heavy (non-hydrogen) atoms. The minimum atomic E-state index is -0.909. The van der Waals surface area contributed by atoms with Crippen molar-refractivity contribution < 1.29 is 28.9 Å². The summed E-state index contributed by atoms with van der Waals surface area (Å²) >= 11 is 0. The first-order valence-corrected chi connectivity index (χ1v) is 12.3. The van der Waals surface area contributed by atoms with Gasteiger partial charge in [0.1, 0.15) is 23.0 Å². The molecule has 0 aliphatic carbocycles. The summed E-state index contributed by atoms with van der Waals surface area (Å²) < 4.78 is 17.0. The van der Waals surface area contributed by atoms with E-state index in [0.717, 1.165) is 6.42 Å². The Hall–Kier alpha value is -4.26. The predicted molar refractivity (Wildman–Crippen MR) is 142 cm³/mol. The van der Waals surface area contributed by atoms with Crippen LogP contribution >= 0.6 is 0 Å². The molecule has 0 saturated carbocycles. The lowest BCUT2D eigenvalue weighted by Crippen LogP contribution is -2.29. The van der Waals surface area contributed by atoms with E-state index < -0.39 is 17.7 Å². The maximum absolute atomic E-state index is 13.5. The van der Waals surface area contributed by atoms with E-state index in [-0.39, 0.29) is 17.4 Å². The normalized spacial score (nSPS) is 16.8. The molecule has 3 aromatic carbocycles. The Morgan fingerprint density at radius 1 is 0.973 bits per heavy atom. The molecule has 0 radical (unpaired) electrons. The summed E-state index contributed by atoms with van der Waals surface area (Å²) in [6, 6.07) is 20.1. The SMILES string of the molecule is CCCOc1cccc(/C(O)=C2/C(=O)C(=O)N(c3ccc(OC(C)C)cc3)C2c2ccccc2OC)c1. The number of amides is 1. The monoisotopic (exact) mass is 501 g/mol. The molecule has 1 N–H and O–H groups in total. The van der Waals surface area contributed by atoms with Crippen LogP contribution in [0.3, 0.4) is 0 Å². The lowest BCUT2D eigenvalue weighted by Gasteiger charge is -2.27. The van der Waals surface area contributed by atoms with Gasteiger partial charge in [0.15, 0.2) is 0 Å². The van der Waals surface area contributed by atoms with Gasteiger partial charge in [0.05, 0.1) is 31.4 Å². The summed E-state index contributed by atoms with van der Waals surface area (Å²) in [6.07, 6.45) is 0.821. The summed E-state index contributed by atoms with van der Waals surface area (Å²) in [6.45, 7) is 6.37. The topological polar surface area (TPSA) is 85.3 Å². The summed E-state index contributed by atoms with van der Waals surface area (Å²) in [5.41, 5.74) is 1.43. The second-order valence-corrected chi connectivity index (χ2v) is 8.95.